The molecule has 0 spiro atoms. The predicted octanol–water partition coefficient (Wildman–Crippen LogP) is 23.5. The number of likely N-dealkylation sites (tertiary alicyclic amines) is 3. The Morgan fingerprint density at radius 3 is 1.04 bits per heavy atom. The molecule has 620 valence electrons. The molecule has 15 rings (SSSR count). The molecule has 0 radical (unpaired) electrons. The van der Waals surface area contributed by atoms with Crippen molar-refractivity contribution in [3.8, 4) is 51.7 Å². The molecule has 2 N–H and O–H groups in total. The van der Waals surface area contributed by atoms with E-state index >= 15 is 4.39 Å². The third-order valence-corrected chi connectivity index (χ3v) is 24.8. The molecule has 0 aliphatic carbocycles. The SMILES string of the molecule is Cc1cc(F)cc(C)c1C(=O)c1sc2c(F)c(C)ccc2c1Cl.Cc1cc(F)cc(C)c1C(=O)c1sc2c(F)c(C)ccc2c1Oc1ccc(O[C@H]2CCN(CCCF)C2)cc1.Cc1cc(F)cc(C)c1C(=O)c1sc2c(F)c(O)ccc2c1Oc1ccc(O[C@H]2CCN(CCCF)C2)cc1.Oc1ccc(O[C@H]2CCN(CCCF)C2)cc1. The van der Waals surface area contributed by atoms with E-state index in [4.69, 9.17) is 40.4 Å². The normalized spacial score (nSPS) is 15.5. The lowest BCUT2D eigenvalue weighted by Crippen LogP contribution is -2.26. The highest BCUT2D eigenvalue weighted by Gasteiger charge is 2.32. The van der Waals surface area contributed by atoms with Crippen LogP contribution in [0.15, 0.2) is 146 Å². The number of nitrogens with zero attached hydrogens (tertiary/aromatic N) is 3. The third kappa shape index (κ3) is 20.6. The number of benzene rings is 9. The minimum Gasteiger partial charge on any atom is -0.508 e. The fourth-order valence-electron chi connectivity index (χ4n) is 14.9. The van der Waals surface area contributed by atoms with Gasteiger partial charge >= 0.3 is 0 Å². The van der Waals surface area contributed by atoms with Crippen molar-refractivity contribution in [2.24, 2.45) is 0 Å². The van der Waals surface area contributed by atoms with Crippen LogP contribution in [-0.4, -0.2) is 140 Å². The van der Waals surface area contributed by atoms with E-state index in [-0.39, 0.29) is 103 Å². The van der Waals surface area contributed by atoms with Gasteiger partial charge in [-0.3, -0.25) is 42.3 Å². The number of halogens is 10. The summed E-state index contributed by atoms with van der Waals surface area (Å²) in [7, 11) is 0. The number of phenols is 2. The quantitative estimate of drug-likeness (QED) is 0.0414. The molecule has 3 aromatic heterocycles. The Balaban J connectivity index is 0.000000152. The molecule has 3 atom stereocenters. The second-order valence-electron chi connectivity index (χ2n) is 29.7. The van der Waals surface area contributed by atoms with Crippen LogP contribution in [0.1, 0.15) is 129 Å². The second kappa shape index (κ2) is 39.3. The number of ketones is 3. The third-order valence-electron chi connectivity index (χ3n) is 20.7. The van der Waals surface area contributed by atoms with E-state index in [9.17, 15) is 54.6 Å². The molecule has 26 heteroatoms. The first-order chi connectivity index (χ1) is 56.6. The van der Waals surface area contributed by atoms with E-state index in [1.807, 2.05) is 0 Å². The Bertz CT molecular complexity index is 5330. The molecule has 0 bridgehead atoms. The van der Waals surface area contributed by atoms with Crippen molar-refractivity contribution < 1.29 is 87.8 Å². The van der Waals surface area contributed by atoms with Crippen LogP contribution in [0.2, 0.25) is 5.02 Å². The molecule has 12 aromatic rings. The largest absolute Gasteiger partial charge is 0.508 e. The van der Waals surface area contributed by atoms with E-state index in [1.54, 1.807) is 152 Å². The summed E-state index contributed by atoms with van der Waals surface area (Å²) in [5.74, 6) is -0.747. The second-order valence-corrected chi connectivity index (χ2v) is 33.1. The number of fused-ring (bicyclic) bond motifs is 3. The number of aromatic hydroxyl groups is 2. The van der Waals surface area contributed by atoms with Gasteiger partial charge in [-0.2, -0.15) is 0 Å². The number of carbonyl (C=O) groups excluding carboxylic acids is 3. The number of alkyl halides is 3. The van der Waals surface area contributed by atoms with Gasteiger partial charge in [-0.1, -0.05) is 29.8 Å². The summed E-state index contributed by atoms with van der Waals surface area (Å²) in [6.07, 6.45) is 4.60. The van der Waals surface area contributed by atoms with Gasteiger partial charge in [0.2, 0.25) is 17.3 Å². The van der Waals surface area contributed by atoms with Crippen LogP contribution in [0.3, 0.4) is 0 Å². The fourth-order valence-corrected chi connectivity index (χ4v) is 18.8. The maximum absolute atomic E-state index is 15.1. The minimum atomic E-state index is -0.838. The minimum absolute atomic E-state index is 0.0132. The zero-order valence-electron chi connectivity index (χ0n) is 66.3. The van der Waals surface area contributed by atoms with Crippen LogP contribution in [0.25, 0.3) is 30.3 Å². The van der Waals surface area contributed by atoms with Gasteiger partial charge in [-0.15, -0.1) is 34.0 Å². The Morgan fingerprint density at radius 2 is 0.686 bits per heavy atom. The molecule has 9 aromatic carbocycles. The van der Waals surface area contributed by atoms with Crippen molar-refractivity contribution >= 4 is 93.2 Å². The summed E-state index contributed by atoms with van der Waals surface area (Å²) in [4.78, 5) is 47.6. The smallest absolute Gasteiger partial charge is 0.207 e. The van der Waals surface area contributed by atoms with Crippen LogP contribution in [-0.2, 0) is 0 Å². The standard InChI is InChI=1S/C31H30F3NO3S.C30H28F3NO4S.C18H13ClF2OS.C13H18FNO2/c1-18-5-10-25-29(31(39-30(25)27(18)34)28(36)26-19(2)15-21(33)16-20(26)3)38-23-8-6-22(7-9-23)37-24-11-14-35(17-24)13-4-12-32;1-17-14-19(32)15-18(2)25(17)27(36)30-28(23-8-9-24(35)26(33)29(23)39-30)38-21-6-4-20(5-7-21)37-22-10-13-34(16-22)12-3-11-31;1-8-4-5-12-14(19)18(23-17(12)15(8)21)16(22)13-9(2)6-11(20)7-10(13)3;14-7-1-8-15-9-6-13(10-15)17-12-4-2-11(16)3-5-12/h5-10,15-16,24H,4,11-14,17H2,1-3H3;4-9,14-15,22,35H,3,10-13,16H2,1-2H3;4-7H,1-3H3;2-5,13,16H,1,6-10H2/t24-;22-;;13-/m00.0/s1. The highest BCUT2D eigenvalue weighted by atomic mass is 35.5. The topological polar surface area (TPSA) is 148 Å². The van der Waals surface area contributed by atoms with E-state index in [0.29, 0.717) is 136 Å². The van der Waals surface area contributed by atoms with Crippen LogP contribution >= 0.6 is 45.6 Å². The van der Waals surface area contributed by atoms with Crippen molar-refractivity contribution in [2.45, 2.75) is 112 Å². The van der Waals surface area contributed by atoms with Gasteiger partial charge in [0, 0.05) is 91.8 Å². The molecule has 3 aliphatic heterocycles. The molecule has 0 saturated carbocycles. The van der Waals surface area contributed by atoms with E-state index in [2.05, 4.69) is 14.7 Å². The summed E-state index contributed by atoms with van der Waals surface area (Å²) in [6.45, 7) is 19.8. The molecular formula is C92H89ClF9N3O10S3. The molecule has 3 saturated heterocycles. The Labute approximate surface area is 695 Å². The summed E-state index contributed by atoms with van der Waals surface area (Å²) in [5.41, 5.74) is 5.10. The Hall–Kier alpha value is -9.99. The average Bonchev–Trinajstić information content (AvgIpc) is 1.61. The summed E-state index contributed by atoms with van der Waals surface area (Å²) in [5, 5.41) is 20.7. The lowest BCUT2D eigenvalue weighted by Gasteiger charge is -2.16. The van der Waals surface area contributed by atoms with Gasteiger partial charge in [0.05, 0.1) is 44.0 Å². The first-order valence-electron chi connectivity index (χ1n) is 38.8. The maximum atomic E-state index is 15.1. The lowest BCUT2D eigenvalue weighted by molar-refractivity contribution is 0.103. The van der Waals surface area contributed by atoms with Crippen LogP contribution in [0, 0.1) is 90.3 Å². The number of phenolic OH excluding ortho intramolecular Hbond substituents is 2. The molecule has 6 heterocycles. The summed E-state index contributed by atoms with van der Waals surface area (Å²) < 4.78 is 154. The number of ether oxygens (including phenoxy) is 5. The number of hydrogen-bond acceptors (Lipinski definition) is 16. The zero-order valence-corrected chi connectivity index (χ0v) is 69.5. The number of carbonyl (C=O) groups is 3. The van der Waals surface area contributed by atoms with Crippen LogP contribution < -0.4 is 23.7 Å². The van der Waals surface area contributed by atoms with Gasteiger partial charge in [-0.05, 0) is 266 Å². The molecule has 3 fully saturated rings. The summed E-state index contributed by atoms with van der Waals surface area (Å²) >= 11 is 9.28. The first-order valence-corrected chi connectivity index (χ1v) is 41.6. The van der Waals surface area contributed by atoms with E-state index < -0.39 is 34.8 Å². The van der Waals surface area contributed by atoms with Gasteiger partial charge < -0.3 is 33.9 Å². The maximum Gasteiger partial charge on any atom is 0.207 e. The lowest BCUT2D eigenvalue weighted by atomic mass is 9.97. The Morgan fingerprint density at radius 1 is 0.390 bits per heavy atom. The monoisotopic (exact) mass is 1700 g/mol. The van der Waals surface area contributed by atoms with Crippen molar-refractivity contribution in [3.63, 3.8) is 0 Å². The molecule has 3 aliphatic rings. The fraction of sp³-hybridized carbons (Fsp3) is 0.315. The molecule has 13 nitrogen and oxygen atoms in total. The highest BCUT2D eigenvalue weighted by Crippen LogP contribution is 2.48. The molecule has 0 unspecified atom stereocenters. The van der Waals surface area contributed by atoms with Crippen molar-refractivity contribution in [3.05, 3.63) is 261 Å². The Kier molecular flexibility index (Phi) is 29.1. The average molecular weight is 1700 g/mol. The van der Waals surface area contributed by atoms with E-state index in [0.717, 1.165) is 111 Å². The van der Waals surface area contributed by atoms with Gasteiger partial charge in [0.1, 0.15) is 91.6 Å². The molecule has 118 heavy (non-hydrogen) atoms. The molecule has 0 amide bonds. The van der Waals surface area contributed by atoms with Crippen molar-refractivity contribution in [1.82, 2.24) is 14.7 Å². The van der Waals surface area contributed by atoms with E-state index in [1.165, 1.54) is 48.5 Å². The number of hydrogen-bond donors (Lipinski definition) is 2. The predicted molar refractivity (Wildman–Crippen MR) is 449 cm³/mol. The zero-order chi connectivity index (χ0) is 84.3. The van der Waals surface area contributed by atoms with Crippen LogP contribution in [0.5, 0.6) is 51.7 Å². The summed E-state index contributed by atoms with van der Waals surface area (Å²) in [6, 6.07) is 38.1. The highest BCUT2D eigenvalue weighted by molar-refractivity contribution is 7.22. The first kappa shape index (κ1) is 87.3. The van der Waals surface area contributed by atoms with Gasteiger partial charge in [0.25, 0.3) is 0 Å². The van der Waals surface area contributed by atoms with Crippen molar-refractivity contribution in [2.75, 3.05) is 78.9 Å². The number of aryl methyl sites for hydroxylation is 8. The molecular weight excluding hydrogens is 1610 g/mol. The number of thiophene rings is 3. The van der Waals surface area contributed by atoms with Crippen LogP contribution in [0.4, 0.5) is 39.5 Å². The number of rotatable bonds is 25. The van der Waals surface area contributed by atoms with Crippen molar-refractivity contribution in [1.29, 1.82) is 0 Å². The van der Waals surface area contributed by atoms with Gasteiger partial charge in [-0.25, -0.2) is 26.3 Å². The van der Waals surface area contributed by atoms with Gasteiger partial charge in [0.15, 0.2) is 23.1 Å².